The lowest BCUT2D eigenvalue weighted by Crippen LogP contribution is -2.50. The van der Waals surface area contributed by atoms with E-state index in [2.05, 4.69) is 19.2 Å². The van der Waals surface area contributed by atoms with Crippen LogP contribution >= 0.6 is 0 Å². The van der Waals surface area contributed by atoms with Crippen LogP contribution in [-0.2, 0) is 14.3 Å². The number of hydrogen-bond acceptors (Lipinski definition) is 4. The van der Waals surface area contributed by atoms with Crippen LogP contribution in [0.5, 0.6) is 0 Å². The topological polar surface area (TPSA) is 47.6 Å². The molecule has 0 rings (SSSR count). The summed E-state index contributed by atoms with van der Waals surface area (Å²) in [7, 11) is 3.18. The second kappa shape index (κ2) is 8.48. The van der Waals surface area contributed by atoms with Gasteiger partial charge in [-0.3, -0.25) is 4.79 Å². The molecule has 0 spiro atoms. The van der Waals surface area contributed by atoms with Crippen LogP contribution in [0.4, 0.5) is 0 Å². The van der Waals surface area contributed by atoms with E-state index in [0.717, 1.165) is 13.0 Å². The van der Waals surface area contributed by atoms with Crippen LogP contribution in [0.25, 0.3) is 0 Å². The van der Waals surface area contributed by atoms with E-state index in [4.69, 9.17) is 9.47 Å². The Morgan fingerprint density at radius 3 is 2.39 bits per heavy atom. The van der Waals surface area contributed by atoms with E-state index < -0.39 is 5.54 Å². The second-order valence-corrected chi connectivity index (χ2v) is 5.50. The highest BCUT2D eigenvalue weighted by atomic mass is 16.5. The molecule has 0 fully saturated rings. The Balaban J connectivity index is 4.04. The summed E-state index contributed by atoms with van der Waals surface area (Å²) < 4.78 is 10.5. The van der Waals surface area contributed by atoms with Gasteiger partial charge >= 0.3 is 5.97 Å². The van der Waals surface area contributed by atoms with Crippen molar-refractivity contribution in [2.45, 2.75) is 58.6 Å². The van der Waals surface area contributed by atoms with Crippen molar-refractivity contribution in [1.29, 1.82) is 0 Å². The normalized spacial score (nSPS) is 16.4. The van der Waals surface area contributed by atoms with Crippen LogP contribution in [0.15, 0.2) is 0 Å². The monoisotopic (exact) mass is 259 g/mol. The zero-order valence-electron chi connectivity index (χ0n) is 12.7. The summed E-state index contributed by atoms with van der Waals surface area (Å²) in [6.07, 6.45) is 2.88. The van der Waals surface area contributed by atoms with Crippen molar-refractivity contribution < 1.29 is 14.3 Å². The number of carbonyl (C=O) groups is 1. The summed E-state index contributed by atoms with van der Waals surface area (Å²) in [4.78, 5) is 11.7. The quantitative estimate of drug-likeness (QED) is 0.510. The first-order valence-corrected chi connectivity index (χ1v) is 6.74. The molecule has 0 aromatic heterocycles. The van der Waals surface area contributed by atoms with E-state index in [1.54, 1.807) is 7.05 Å². The van der Waals surface area contributed by atoms with Crippen LogP contribution in [0.3, 0.4) is 0 Å². The van der Waals surface area contributed by atoms with Gasteiger partial charge in [0.15, 0.2) is 0 Å². The van der Waals surface area contributed by atoms with Crippen LogP contribution < -0.4 is 5.32 Å². The molecule has 0 heterocycles. The van der Waals surface area contributed by atoms with Crippen molar-refractivity contribution in [2.75, 3.05) is 20.8 Å². The number of hydrogen-bond donors (Lipinski definition) is 1. The Labute approximate surface area is 111 Å². The fraction of sp³-hybridized carbons (Fsp3) is 0.929. The Morgan fingerprint density at radius 1 is 1.33 bits per heavy atom. The van der Waals surface area contributed by atoms with E-state index in [0.29, 0.717) is 12.3 Å². The van der Waals surface area contributed by atoms with Gasteiger partial charge < -0.3 is 14.8 Å². The third kappa shape index (κ3) is 6.36. The summed E-state index contributed by atoms with van der Waals surface area (Å²) in [5.74, 6) is 0.462. The molecular formula is C14H29NO3. The lowest BCUT2D eigenvalue weighted by atomic mass is 9.95. The van der Waals surface area contributed by atoms with E-state index >= 15 is 0 Å². The molecule has 0 radical (unpaired) electrons. The van der Waals surface area contributed by atoms with Gasteiger partial charge in [0.05, 0.1) is 13.2 Å². The van der Waals surface area contributed by atoms with Gasteiger partial charge in [0.25, 0.3) is 0 Å². The molecule has 0 saturated carbocycles. The maximum atomic E-state index is 11.7. The van der Waals surface area contributed by atoms with Gasteiger partial charge in [0.2, 0.25) is 0 Å². The molecule has 2 atom stereocenters. The minimum absolute atomic E-state index is 0.0358. The summed E-state index contributed by atoms with van der Waals surface area (Å²) in [6.45, 7) is 9.00. The van der Waals surface area contributed by atoms with Gasteiger partial charge in [-0.1, -0.05) is 13.8 Å². The SMILES string of the molecule is CNC(C)(CC(C)OCCCC(C)C)C(=O)OC. The molecule has 0 bridgehead atoms. The summed E-state index contributed by atoms with van der Waals surface area (Å²) in [6, 6.07) is 0. The van der Waals surface area contributed by atoms with Crippen molar-refractivity contribution in [1.82, 2.24) is 5.32 Å². The van der Waals surface area contributed by atoms with Crippen molar-refractivity contribution in [3.63, 3.8) is 0 Å². The third-order valence-corrected chi connectivity index (χ3v) is 3.21. The fourth-order valence-electron chi connectivity index (χ4n) is 1.92. The van der Waals surface area contributed by atoms with Gasteiger partial charge in [0, 0.05) is 13.0 Å². The minimum atomic E-state index is -0.674. The molecule has 4 nitrogen and oxygen atoms in total. The van der Waals surface area contributed by atoms with Crippen LogP contribution in [0, 0.1) is 5.92 Å². The van der Waals surface area contributed by atoms with Gasteiger partial charge in [-0.25, -0.2) is 0 Å². The molecule has 0 aliphatic heterocycles. The van der Waals surface area contributed by atoms with Crippen LogP contribution in [-0.4, -0.2) is 38.4 Å². The summed E-state index contributed by atoms with van der Waals surface area (Å²) in [5.41, 5.74) is -0.674. The Hall–Kier alpha value is -0.610. The average molecular weight is 259 g/mol. The smallest absolute Gasteiger partial charge is 0.325 e. The number of rotatable bonds is 9. The molecule has 2 unspecified atom stereocenters. The maximum absolute atomic E-state index is 11.7. The molecule has 1 N–H and O–H groups in total. The van der Waals surface area contributed by atoms with Crippen molar-refractivity contribution in [3.8, 4) is 0 Å². The molecule has 0 aliphatic carbocycles. The highest BCUT2D eigenvalue weighted by Crippen LogP contribution is 2.16. The van der Waals surface area contributed by atoms with E-state index in [9.17, 15) is 4.79 Å². The standard InChI is InChI=1S/C14H29NO3/c1-11(2)8-7-9-18-12(3)10-14(4,15-5)13(16)17-6/h11-12,15H,7-10H2,1-6H3. The number of likely N-dealkylation sites (N-methyl/N-ethyl adjacent to an activating group) is 1. The highest BCUT2D eigenvalue weighted by Gasteiger charge is 2.34. The first-order valence-electron chi connectivity index (χ1n) is 6.74. The third-order valence-electron chi connectivity index (χ3n) is 3.21. The van der Waals surface area contributed by atoms with E-state index in [-0.39, 0.29) is 12.1 Å². The molecule has 0 aliphatic rings. The summed E-state index contributed by atoms with van der Waals surface area (Å²) in [5, 5.41) is 3.01. The molecule has 18 heavy (non-hydrogen) atoms. The molecule has 0 amide bonds. The van der Waals surface area contributed by atoms with Crippen molar-refractivity contribution in [3.05, 3.63) is 0 Å². The first kappa shape index (κ1) is 17.4. The Morgan fingerprint density at radius 2 is 1.94 bits per heavy atom. The Bertz CT molecular complexity index is 243. The predicted octanol–water partition coefficient (Wildman–Crippen LogP) is 2.37. The predicted molar refractivity (Wildman–Crippen MR) is 73.6 cm³/mol. The van der Waals surface area contributed by atoms with E-state index in [1.807, 2.05) is 13.8 Å². The van der Waals surface area contributed by atoms with Gasteiger partial charge in [-0.15, -0.1) is 0 Å². The van der Waals surface area contributed by atoms with Crippen molar-refractivity contribution >= 4 is 5.97 Å². The van der Waals surface area contributed by atoms with Gasteiger partial charge in [-0.05, 0) is 39.7 Å². The zero-order valence-corrected chi connectivity index (χ0v) is 12.7. The molecule has 0 aromatic carbocycles. The number of methoxy groups -OCH3 is 1. The lowest BCUT2D eigenvalue weighted by Gasteiger charge is -2.29. The number of ether oxygens (including phenoxy) is 2. The summed E-state index contributed by atoms with van der Waals surface area (Å²) >= 11 is 0. The zero-order chi connectivity index (χ0) is 14.2. The van der Waals surface area contributed by atoms with Crippen LogP contribution in [0.2, 0.25) is 0 Å². The van der Waals surface area contributed by atoms with Gasteiger partial charge in [0.1, 0.15) is 5.54 Å². The first-order chi connectivity index (χ1) is 8.35. The highest BCUT2D eigenvalue weighted by molar-refractivity contribution is 5.80. The fourth-order valence-corrected chi connectivity index (χ4v) is 1.92. The molecular weight excluding hydrogens is 230 g/mol. The molecule has 0 saturated heterocycles. The molecule has 4 heteroatoms. The Kier molecular flexibility index (Phi) is 8.20. The van der Waals surface area contributed by atoms with Gasteiger partial charge in [-0.2, -0.15) is 0 Å². The largest absolute Gasteiger partial charge is 0.468 e. The molecule has 108 valence electrons. The van der Waals surface area contributed by atoms with Crippen LogP contribution in [0.1, 0.15) is 47.0 Å². The number of esters is 1. The van der Waals surface area contributed by atoms with Crippen molar-refractivity contribution in [2.24, 2.45) is 5.92 Å². The number of carbonyl (C=O) groups excluding carboxylic acids is 1. The molecule has 0 aromatic rings. The lowest BCUT2D eigenvalue weighted by molar-refractivity contribution is -0.149. The average Bonchev–Trinajstić information content (AvgIpc) is 2.33. The maximum Gasteiger partial charge on any atom is 0.325 e. The number of nitrogens with one attached hydrogen (secondary N) is 1. The van der Waals surface area contributed by atoms with E-state index in [1.165, 1.54) is 13.5 Å². The minimum Gasteiger partial charge on any atom is -0.468 e. The second-order valence-electron chi connectivity index (χ2n) is 5.50.